The van der Waals surface area contributed by atoms with E-state index in [1.54, 1.807) is 53.9 Å². The van der Waals surface area contributed by atoms with Gasteiger partial charge in [0, 0.05) is 11.9 Å². The number of pyridine rings is 1. The van der Waals surface area contributed by atoms with E-state index in [9.17, 15) is 14.0 Å². The minimum Gasteiger partial charge on any atom is -0.484 e. The average molecular weight is 480 g/mol. The topological polar surface area (TPSA) is 97.1 Å². The van der Waals surface area contributed by atoms with E-state index in [4.69, 9.17) is 16.3 Å². The molecule has 0 saturated carbocycles. The van der Waals surface area contributed by atoms with Crippen LogP contribution >= 0.6 is 11.6 Å². The Balaban J connectivity index is 1.30. The lowest BCUT2D eigenvalue weighted by molar-refractivity contribution is -0.118. The predicted octanol–water partition coefficient (Wildman–Crippen LogP) is 4.22. The lowest BCUT2D eigenvalue weighted by Gasteiger charge is -2.07. The molecule has 34 heavy (non-hydrogen) atoms. The number of anilines is 1. The van der Waals surface area contributed by atoms with Crippen LogP contribution in [-0.4, -0.2) is 34.0 Å². The summed E-state index contributed by atoms with van der Waals surface area (Å²) in [6, 6.07) is 15.7. The number of aromatic nitrogens is 2. The molecule has 8 nitrogen and oxygen atoms in total. The summed E-state index contributed by atoms with van der Waals surface area (Å²) in [4.78, 5) is 28.9. The summed E-state index contributed by atoms with van der Waals surface area (Å²) in [6.45, 7) is 1.53. The van der Waals surface area contributed by atoms with Gasteiger partial charge < -0.3 is 10.1 Å². The molecular weight excluding hydrogens is 461 g/mol. The van der Waals surface area contributed by atoms with Gasteiger partial charge in [0.25, 0.3) is 11.8 Å². The minimum atomic E-state index is -0.421. The second-order valence-electron chi connectivity index (χ2n) is 7.23. The molecule has 10 heteroatoms. The van der Waals surface area contributed by atoms with Crippen LogP contribution in [0.2, 0.25) is 5.02 Å². The molecule has 4 aromatic rings. The molecule has 2 amide bonds. The molecule has 0 aliphatic carbocycles. The molecule has 2 heterocycles. The molecule has 2 N–H and O–H groups in total. The molecule has 4 rings (SSSR count). The number of amides is 2. The Morgan fingerprint density at radius 3 is 2.59 bits per heavy atom. The number of rotatable bonds is 7. The van der Waals surface area contributed by atoms with Crippen molar-refractivity contribution in [3.05, 3.63) is 94.7 Å². The first-order valence-electron chi connectivity index (χ1n) is 10.1. The molecule has 0 spiro atoms. The van der Waals surface area contributed by atoms with Gasteiger partial charge in [0.05, 0.1) is 16.9 Å². The molecule has 172 valence electrons. The number of aryl methyl sites for hydroxylation is 1. The average Bonchev–Trinajstić information content (AvgIpc) is 3.15. The van der Waals surface area contributed by atoms with Crippen LogP contribution in [0.5, 0.6) is 5.75 Å². The van der Waals surface area contributed by atoms with Crippen LogP contribution in [0.15, 0.2) is 72.0 Å². The summed E-state index contributed by atoms with van der Waals surface area (Å²) in [7, 11) is 0. The lowest BCUT2D eigenvalue weighted by Crippen LogP contribution is -2.20. The van der Waals surface area contributed by atoms with Crippen molar-refractivity contribution in [3.8, 4) is 5.75 Å². The number of hydrogen-bond donors (Lipinski definition) is 2. The van der Waals surface area contributed by atoms with E-state index in [0.29, 0.717) is 39.1 Å². The van der Waals surface area contributed by atoms with Crippen molar-refractivity contribution >= 4 is 41.0 Å². The number of carbonyl (C=O) groups is 2. The number of fused-ring (bicyclic) bond motifs is 1. The molecule has 2 aromatic carbocycles. The van der Waals surface area contributed by atoms with Gasteiger partial charge in [0.1, 0.15) is 22.9 Å². The van der Waals surface area contributed by atoms with Crippen molar-refractivity contribution in [2.75, 3.05) is 11.9 Å². The summed E-state index contributed by atoms with van der Waals surface area (Å²) in [5, 5.41) is 7.09. The van der Waals surface area contributed by atoms with E-state index in [1.807, 2.05) is 0 Å². The fourth-order valence-electron chi connectivity index (χ4n) is 3.16. The van der Waals surface area contributed by atoms with Crippen LogP contribution in [0.1, 0.15) is 21.7 Å². The smallest absolute Gasteiger partial charge is 0.290 e. The number of carbonyl (C=O) groups excluding carboxylic acids is 2. The third-order valence-electron chi connectivity index (χ3n) is 4.73. The third kappa shape index (κ3) is 5.57. The number of hydrazone groups is 1. The first-order valence-corrected chi connectivity index (χ1v) is 10.5. The van der Waals surface area contributed by atoms with Crippen molar-refractivity contribution in [1.29, 1.82) is 0 Å². The van der Waals surface area contributed by atoms with Gasteiger partial charge in [-0.25, -0.2) is 14.8 Å². The third-order valence-corrected chi connectivity index (χ3v) is 4.95. The monoisotopic (exact) mass is 479 g/mol. The number of ether oxygens (including phenoxy) is 1. The lowest BCUT2D eigenvalue weighted by atomic mass is 10.2. The Bertz CT molecular complexity index is 1370. The standard InChI is InChI=1S/C24H19ClFN5O3/c1-15-23(31-13-17(25)4-11-21(31)28-15)24(33)30-27-12-16-2-9-20(10-3-16)34-14-22(32)29-19-7-5-18(26)6-8-19/h2-13H,14H2,1H3,(H,29,32)(H,30,33)/b27-12-. The number of halogens is 2. The summed E-state index contributed by atoms with van der Waals surface area (Å²) < 4.78 is 20.0. The minimum absolute atomic E-state index is 0.205. The van der Waals surface area contributed by atoms with Crippen molar-refractivity contribution < 1.29 is 18.7 Å². The Kier molecular flexibility index (Phi) is 6.84. The van der Waals surface area contributed by atoms with Gasteiger partial charge in [-0.1, -0.05) is 11.6 Å². The molecule has 2 aromatic heterocycles. The van der Waals surface area contributed by atoms with E-state index in [-0.39, 0.29) is 18.3 Å². The fourth-order valence-corrected chi connectivity index (χ4v) is 3.32. The summed E-state index contributed by atoms with van der Waals surface area (Å²) in [5.41, 5.74) is 5.18. The molecule has 0 aliphatic heterocycles. The first kappa shape index (κ1) is 22.9. The number of hydrogen-bond acceptors (Lipinski definition) is 5. The van der Waals surface area contributed by atoms with Crippen LogP contribution in [-0.2, 0) is 4.79 Å². The highest BCUT2D eigenvalue weighted by Crippen LogP contribution is 2.16. The van der Waals surface area contributed by atoms with Gasteiger partial charge in [-0.15, -0.1) is 0 Å². The van der Waals surface area contributed by atoms with E-state index in [0.717, 1.165) is 0 Å². The maximum absolute atomic E-state index is 12.9. The van der Waals surface area contributed by atoms with Crippen molar-refractivity contribution in [1.82, 2.24) is 14.8 Å². The fraction of sp³-hybridized carbons (Fsp3) is 0.0833. The van der Waals surface area contributed by atoms with Crippen LogP contribution in [0, 0.1) is 12.7 Å². The maximum atomic E-state index is 12.9. The van der Waals surface area contributed by atoms with Crippen LogP contribution < -0.4 is 15.5 Å². The van der Waals surface area contributed by atoms with Crippen molar-refractivity contribution in [2.24, 2.45) is 5.10 Å². The number of nitrogens with zero attached hydrogens (tertiary/aromatic N) is 3. The second-order valence-corrected chi connectivity index (χ2v) is 7.67. The number of nitrogens with one attached hydrogen (secondary N) is 2. The van der Waals surface area contributed by atoms with Crippen LogP contribution in [0.25, 0.3) is 5.65 Å². The van der Waals surface area contributed by atoms with Gasteiger partial charge in [0.15, 0.2) is 6.61 Å². The van der Waals surface area contributed by atoms with Gasteiger partial charge in [0.2, 0.25) is 0 Å². The Morgan fingerprint density at radius 2 is 1.85 bits per heavy atom. The van der Waals surface area contributed by atoms with Gasteiger partial charge in [-0.2, -0.15) is 5.10 Å². The molecule has 0 radical (unpaired) electrons. The van der Waals surface area contributed by atoms with Gasteiger partial charge >= 0.3 is 0 Å². The van der Waals surface area contributed by atoms with E-state index < -0.39 is 5.91 Å². The van der Waals surface area contributed by atoms with Crippen molar-refractivity contribution in [3.63, 3.8) is 0 Å². The van der Waals surface area contributed by atoms with Crippen LogP contribution in [0.4, 0.5) is 10.1 Å². The SMILES string of the molecule is Cc1nc2ccc(Cl)cn2c1C(=O)N/N=C\c1ccc(OCC(=O)Nc2ccc(F)cc2)cc1. The van der Waals surface area contributed by atoms with Gasteiger partial charge in [-0.05, 0) is 73.2 Å². The Hall–Kier alpha value is -4.24. The zero-order chi connectivity index (χ0) is 24.1. The summed E-state index contributed by atoms with van der Waals surface area (Å²) in [5.74, 6) is -0.693. The molecule has 0 atom stereocenters. The van der Waals surface area contributed by atoms with Crippen molar-refractivity contribution in [2.45, 2.75) is 6.92 Å². The quantitative estimate of drug-likeness (QED) is 0.306. The molecule has 0 aliphatic rings. The zero-order valence-electron chi connectivity index (χ0n) is 18.0. The number of benzene rings is 2. The highest BCUT2D eigenvalue weighted by Gasteiger charge is 2.16. The summed E-state index contributed by atoms with van der Waals surface area (Å²) >= 11 is 6.03. The predicted molar refractivity (Wildman–Crippen MR) is 127 cm³/mol. The number of imidazole rings is 1. The second kappa shape index (κ2) is 10.1. The maximum Gasteiger partial charge on any atom is 0.290 e. The van der Waals surface area contributed by atoms with E-state index in [2.05, 4.69) is 20.8 Å². The van der Waals surface area contributed by atoms with Gasteiger partial charge in [-0.3, -0.25) is 14.0 Å². The Morgan fingerprint density at radius 1 is 1.12 bits per heavy atom. The normalized spacial score (nSPS) is 11.0. The highest BCUT2D eigenvalue weighted by molar-refractivity contribution is 6.30. The molecular formula is C24H19ClFN5O3. The molecule has 0 unspecified atom stereocenters. The molecule has 0 bridgehead atoms. The largest absolute Gasteiger partial charge is 0.484 e. The zero-order valence-corrected chi connectivity index (χ0v) is 18.7. The van der Waals surface area contributed by atoms with Crippen LogP contribution in [0.3, 0.4) is 0 Å². The highest BCUT2D eigenvalue weighted by atomic mass is 35.5. The Labute approximate surface area is 199 Å². The molecule has 0 saturated heterocycles. The summed E-state index contributed by atoms with van der Waals surface area (Å²) in [6.07, 6.45) is 3.10. The van der Waals surface area contributed by atoms with E-state index in [1.165, 1.54) is 30.5 Å². The van der Waals surface area contributed by atoms with E-state index >= 15 is 0 Å². The molecule has 0 fully saturated rings. The first-order chi connectivity index (χ1) is 16.4.